The second-order valence-electron chi connectivity index (χ2n) is 20.6. The molecule has 2 fully saturated rings. The molecular weight excluding hydrogens is 1120 g/mol. The number of hydrogen-bond donors (Lipinski definition) is 5. The van der Waals surface area contributed by atoms with E-state index in [1.807, 2.05) is 43.9 Å². The zero-order valence-electron chi connectivity index (χ0n) is 46.9. The molecule has 2 saturated heterocycles. The van der Waals surface area contributed by atoms with Gasteiger partial charge in [-0.05, 0) is 43.5 Å². The van der Waals surface area contributed by atoms with E-state index in [0.29, 0.717) is 54.8 Å². The van der Waals surface area contributed by atoms with Crippen molar-refractivity contribution >= 4 is 74.9 Å². The number of thiazole rings is 1. The largest absolute Gasteiger partial charge is 0.491 e. The Morgan fingerprint density at radius 3 is 2.36 bits per heavy atom. The number of aryl methyl sites for hydroxylation is 2. The number of β-amino-alcohol motifs (C(OH)–C–C–N with tert-alkyl or cyclic N) is 1. The van der Waals surface area contributed by atoms with Crippen LogP contribution >= 0.6 is 22.9 Å². The number of fused-ring (bicyclic) bond motifs is 1. The first-order chi connectivity index (χ1) is 39.9. The van der Waals surface area contributed by atoms with E-state index in [2.05, 4.69) is 30.7 Å². The molecular formula is C57H70ClF2N11O11S. The molecule has 3 aliphatic rings. The number of allylic oxidation sites excluding steroid dienone is 4. The van der Waals surface area contributed by atoms with Crippen molar-refractivity contribution in [3.63, 3.8) is 0 Å². The number of amides is 5. The normalized spacial score (nSPS) is 17.6. The molecule has 1 unspecified atom stereocenters. The first kappa shape index (κ1) is 61.9. The van der Waals surface area contributed by atoms with Gasteiger partial charge in [-0.15, -0.1) is 11.3 Å². The number of aliphatic hydroxyl groups excluding tert-OH is 2. The minimum atomic E-state index is -1.50. The lowest BCUT2D eigenvalue weighted by Gasteiger charge is -2.35. The van der Waals surface area contributed by atoms with Gasteiger partial charge in [0.1, 0.15) is 53.3 Å². The molecule has 5 aromatic rings. The fraction of sp³-hybridized carbons (Fsp3) is 0.474. The number of urea groups is 1. The summed E-state index contributed by atoms with van der Waals surface area (Å²) in [4.78, 5) is 73.4. The number of hydrogen-bond acceptors (Lipinski definition) is 18. The van der Waals surface area contributed by atoms with Crippen LogP contribution in [-0.4, -0.2) is 186 Å². The topological polar surface area (TPSA) is 273 Å². The van der Waals surface area contributed by atoms with Crippen molar-refractivity contribution < 1.29 is 61.6 Å². The highest BCUT2D eigenvalue weighted by Gasteiger charge is 2.43. The molecule has 2 aromatic carbocycles. The third-order valence-corrected chi connectivity index (χ3v) is 15.6. The Kier molecular flexibility index (Phi) is 21.6. The lowest BCUT2D eigenvalue weighted by Crippen LogP contribution is -2.50. The Bertz CT molecular complexity index is 3210. The van der Waals surface area contributed by atoms with Crippen molar-refractivity contribution in [2.24, 2.45) is 11.7 Å². The quantitative estimate of drug-likeness (QED) is 0.0402. The van der Waals surface area contributed by atoms with E-state index in [0.717, 1.165) is 22.2 Å². The van der Waals surface area contributed by atoms with Crippen LogP contribution in [0.25, 0.3) is 26.9 Å². The number of nitrogens with two attached hydrogens (primary N) is 1. The van der Waals surface area contributed by atoms with Crippen LogP contribution in [0.1, 0.15) is 60.9 Å². The Morgan fingerprint density at radius 1 is 0.964 bits per heavy atom. The number of carbonyl (C=O) groups excluding carboxylic acids is 4. The number of nitrogens with zero attached hydrogens (tertiary/aromatic N) is 8. The van der Waals surface area contributed by atoms with E-state index in [1.165, 1.54) is 50.3 Å². The molecule has 446 valence electrons. The number of halogens is 3. The van der Waals surface area contributed by atoms with Crippen LogP contribution < -0.4 is 26.0 Å². The van der Waals surface area contributed by atoms with Crippen LogP contribution in [-0.2, 0) is 35.1 Å². The highest BCUT2D eigenvalue weighted by molar-refractivity contribution is 7.13. The predicted octanol–water partition coefficient (Wildman–Crippen LogP) is 5.93. The zero-order valence-corrected chi connectivity index (χ0v) is 48.5. The van der Waals surface area contributed by atoms with Gasteiger partial charge in [-0.3, -0.25) is 14.4 Å². The fourth-order valence-electron chi connectivity index (χ4n) is 9.95. The Hall–Kier alpha value is -7.13. The molecule has 4 atom stereocenters. The van der Waals surface area contributed by atoms with Crippen LogP contribution in [0, 0.1) is 25.6 Å². The summed E-state index contributed by atoms with van der Waals surface area (Å²) >= 11 is 8.13. The van der Waals surface area contributed by atoms with Crippen LogP contribution in [0.2, 0.25) is 5.02 Å². The standard InChI is InChI=1S/C57H70ClF2N11O11S/c1-33(2)47(45-26-34(3)67-82-45)55(76)71-31-38(72)28-42(71)54(75)63-30-37-11-10-36(52-35(4)64-32-83-52)27-44(37)81-25-24-80-23-22-79-21-20-78-19-18-68(5)46(74)12-13-62-57-65-51-39(53(66-57)69-14-16-70(17-15-69)56(61)77)29-40(58)48(50(51)60)49-41(59)8-6-7-9-43(49)73/h6-11,26-27,29,32-33,38,42-43,47,72-73H,12-25,28,30-31H2,1-5H3,(H2,61,77)(H,63,75)(H,62,65,66)/t38-,42+,43?,47+/m1/s1. The Balaban J connectivity index is 0.757. The molecule has 0 spiro atoms. The van der Waals surface area contributed by atoms with Crippen LogP contribution in [0.4, 0.5) is 25.3 Å². The third-order valence-electron chi connectivity index (χ3n) is 14.3. The number of aromatic nitrogens is 4. The van der Waals surface area contributed by atoms with E-state index in [-0.39, 0.29) is 136 Å². The Labute approximate surface area is 488 Å². The minimum absolute atomic E-state index is 0.00862. The van der Waals surface area contributed by atoms with Gasteiger partial charge in [0.05, 0.1) is 72.5 Å². The summed E-state index contributed by atoms with van der Waals surface area (Å²) in [5.41, 5.74) is 9.50. The summed E-state index contributed by atoms with van der Waals surface area (Å²) in [6, 6.07) is 7.42. The molecule has 1 aliphatic carbocycles. The second-order valence-corrected chi connectivity index (χ2v) is 21.8. The lowest BCUT2D eigenvalue weighted by atomic mass is 9.91. The molecule has 5 amide bonds. The number of rotatable bonds is 26. The first-order valence-corrected chi connectivity index (χ1v) is 28.6. The molecule has 6 N–H and O–H groups in total. The maximum absolute atomic E-state index is 16.6. The average molecular weight is 1190 g/mol. The van der Waals surface area contributed by atoms with E-state index in [1.54, 1.807) is 25.5 Å². The van der Waals surface area contributed by atoms with Crippen LogP contribution in [0.3, 0.4) is 0 Å². The number of likely N-dealkylation sites (N-methyl/N-ethyl adjacent to an activating group) is 1. The van der Waals surface area contributed by atoms with Crippen molar-refractivity contribution in [2.45, 2.75) is 71.2 Å². The molecule has 0 radical (unpaired) electrons. The van der Waals surface area contributed by atoms with Gasteiger partial charge in [-0.25, -0.2) is 23.5 Å². The summed E-state index contributed by atoms with van der Waals surface area (Å²) in [5, 5.41) is 31.4. The van der Waals surface area contributed by atoms with Crippen molar-refractivity contribution in [3.05, 3.63) is 105 Å². The van der Waals surface area contributed by atoms with E-state index in [9.17, 15) is 29.4 Å². The monoisotopic (exact) mass is 1190 g/mol. The highest BCUT2D eigenvalue weighted by Crippen LogP contribution is 2.40. The van der Waals surface area contributed by atoms with Gasteiger partial charge >= 0.3 is 6.03 Å². The summed E-state index contributed by atoms with van der Waals surface area (Å²) in [6.45, 7) is 11.0. The van der Waals surface area contributed by atoms with Gasteiger partial charge in [-0.2, -0.15) is 4.98 Å². The van der Waals surface area contributed by atoms with Gasteiger partial charge in [-0.1, -0.05) is 61.0 Å². The fourth-order valence-corrected chi connectivity index (χ4v) is 11.0. The number of benzene rings is 2. The van der Waals surface area contributed by atoms with Crippen molar-refractivity contribution in [2.75, 3.05) is 109 Å². The van der Waals surface area contributed by atoms with E-state index >= 15 is 8.78 Å². The SMILES string of the molecule is Cc1cc([C@@H](C(=O)N2C[C@H](O)C[C@H]2C(=O)NCc2ccc(-c3scnc3C)cc2OCCOCCOCCOCCN(C)C(=O)CCNc2nc(N3CCN(C(N)=O)CC3)c3cc(Cl)c(C4=C(F)C=CC=CC4O)c(F)c3n2)C(C)C)on1. The molecule has 83 heavy (non-hydrogen) atoms. The molecule has 26 heteroatoms. The predicted molar refractivity (Wildman–Crippen MR) is 308 cm³/mol. The molecule has 2 aliphatic heterocycles. The van der Waals surface area contributed by atoms with Crippen molar-refractivity contribution in [1.82, 2.24) is 40.1 Å². The summed E-state index contributed by atoms with van der Waals surface area (Å²) in [7, 11) is 1.64. The third kappa shape index (κ3) is 15.6. The highest BCUT2D eigenvalue weighted by atomic mass is 35.5. The first-order valence-electron chi connectivity index (χ1n) is 27.4. The lowest BCUT2D eigenvalue weighted by molar-refractivity contribution is -0.141. The van der Waals surface area contributed by atoms with Gasteiger partial charge in [0.15, 0.2) is 5.82 Å². The summed E-state index contributed by atoms with van der Waals surface area (Å²) in [6.07, 6.45) is 2.98. The number of ether oxygens (including phenoxy) is 4. The number of anilines is 2. The van der Waals surface area contributed by atoms with Gasteiger partial charge in [0.25, 0.3) is 0 Å². The van der Waals surface area contributed by atoms with Gasteiger partial charge < -0.3 is 69.7 Å². The van der Waals surface area contributed by atoms with E-state index in [4.69, 9.17) is 40.8 Å². The average Bonchev–Trinajstić information content (AvgIpc) is 3.34. The van der Waals surface area contributed by atoms with E-state index < -0.39 is 47.8 Å². The number of likely N-dealkylation sites (tertiary alicyclic amines) is 1. The summed E-state index contributed by atoms with van der Waals surface area (Å²) < 4.78 is 60.8. The maximum atomic E-state index is 16.6. The van der Waals surface area contributed by atoms with Crippen molar-refractivity contribution in [3.8, 4) is 16.2 Å². The molecule has 3 aromatic heterocycles. The maximum Gasteiger partial charge on any atom is 0.314 e. The Morgan fingerprint density at radius 2 is 1.69 bits per heavy atom. The molecule has 8 rings (SSSR count). The molecule has 0 bridgehead atoms. The number of aliphatic hydroxyl groups is 2. The number of carbonyl (C=O) groups is 4. The minimum Gasteiger partial charge on any atom is -0.491 e. The van der Waals surface area contributed by atoms with Crippen molar-refractivity contribution in [1.29, 1.82) is 0 Å². The summed E-state index contributed by atoms with van der Waals surface area (Å²) in [5.74, 6) is -2.33. The smallest absolute Gasteiger partial charge is 0.314 e. The molecule has 0 saturated carbocycles. The number of primary amides is 1. The van der Waals surface area contributed by atoms with Gasteiger partial charge in [0.2, 0.25) is 23.7 Å². The van der Waals surface area contributed by atoms with Crippen LogP contribution in [0.15, 0.2) is 70.5 Å². The number of nitrogens with one attached hydrogen (secondary N) is 2. The zero-order chi connectivity index (χ0) is 59.3. The van der Waals surface area contributed by atoms with Crippen LogP contribution in [0.5, 0.6) is 5.75 Å². The molecule has 5 heterocycles. The van der Waals surface area contributed by atoms with Gasteiger partial charge in [0, 0.05) is 100 Å². The second kappa shape index (κ2) is 28.9. The molecule has 22 nitrogen and oxygen atoms in total. The number of piperazine rings is 1.